The maximum atomic E-state index is 5.83. The van der Waals surface area contributed by atoms with Gasteiger partial charge in [-0.15, -0.1) is 0 Å². The summed E-state index contributed by atoms with van der Waals surface area (Å²) in [7, 11) is 0. The summed E-state index contributed by atoms with van der Waals surface area (Å²) in [4.78, 5) is 14.1. The van der Waals surface area contributed by atoms with Crippen molar-refractivity contribution in [2.45, 2.75) is 12.5 Å². The molecule has 2 saturated heterocycles. The first-order valence-corrected chi connectivity index (χ1v) is 9.15. The lowest BCUT2D eigenvalue weighted by Crippen LogP contribution is -2.39. The van der Waals surface area contributed by atoms with Gasteiger partial charge in [-0.2, -0.15) is 4.98 Å². The van der Waals surface area contributed by atoms with Gasteiger partial charge in [-0.1, -0.05) is 0 Å². The van der Waals surface area contributed by atoms with Crippen molar-refractivity contribution >= 4 is 27.7 Å². The zero-order chi connectivity index (χ0) is 16.4. The van der Waals surface area contributed by atoms with Gasteiger partial charge in [-0.25, -0.2) is 4.98 Å². The van der Waals surface area contributed by atoms with Crippen molar-refractivity contribution in [1.82, 2.24) is 9.97 Å². The Labute approximate surface area is 149 Å². The first-order valence-electron chi connectivity index (χ1n) is 8.36. The number of morpholine rings is 2. The summed E-state index contributed by atoms with van der Waals surface area (Å²) in [6, 6.07) is 2.05. The standard InChI is InChI=1S/C16H21BrN4O3/c17-14-2-1-13(24-14)12-11-15(20-3-7-22-8-4-20)19-16(18-12)21-5-9-23-10-6-21/h2,11,13H,1,3-10H2. The molecule has 0 aliphatic carbocycles. The Kier molecular flexibility index (Phi) is 4.86. The maximum Gasteiger partial charge on any atom is 0.227 e. The van der Waals surface area contributed by atoms with Gasteiger partial charge in [0.1, 0.15) is 11.9 Å². The SMILES string of the molecule is BrC1=CCC(c2cc(N3CCOCC3)nc(N3CCOCC3)n2)O1. The molecule has 4 heterocycles. The fourth-order valence-electron chi connectivity index (χ4n) is 3.08. The summed E-state index contributed by atoms with van der Waals surface area (Å²) in [5.74, 6) is 1.72. The molecule has 7 nitrogen and oxygen atoms in total. The van der Waals surface area contributed by atoms with Gasteiger partial charge in [0.05, 0.1) is 32.1 Å². The molecule has 24 heavy (non-hydrogen) atoms. The summed E-state index contributed by atoms with van der Waals surface area (Å²) in [5, 5.41) is 0. The second-order valence-corrected chi connectivity index (χ2v) is 6.78. The van der Waals surface area contributed by atoms with Gasteiger partial charge < -0.3 is 24.0 Å². The lowest BCUT2D eigenvalue weighted by Gasteiger charge is -2.31. The van der Waals surface area contributed by atoms with Crippen molar-refractivity contribution in [2.75, 3.05) is 62.4 Å². The van der Waals surface area contributed by atoms with Crippen molar-refractivity contribution < 1.29 is 14.2 Å². The molecule has 0 saturated carbocycles. The van der Waals surface area contributed by atoms with E-state index in [0.29, 0.717) is 13.2 Å². The zero-order valence-electron chi connectivity index (χ0n) is 13.5. The van der Waals surface area contributed by atoms with Gasteiger partial charge in [0.25, 0.3) is 0 Å². The third-order valence-corrected chi connectivity index (χ3v) is 4.94. The number of ether oxygens (including phenoxy) is 3. The topological polar surface area (TPSA) is 60.0 Å². The Morgan fingerprint density at radius 2 is 1.62 bits per heavy atom. The fraction of sp³-hybridized carbons (Fsp3) is 0.625. The number of anilines is 2. The average Bonchev–Trinajstić information content (AvgIpc) is 3.09. The Hall–Kier alpha value is -1.38. The molecule has 1 aromatic rings. The van der Waals surface area contributed by atoms with Crippen LogP contribution in [0, 0.1) is 0 Å². The van der Waals surface area contributed by atoms with Crippen LogP contribution in [0.2, 0.25) is 0 Å². The molecule has 1 unspecified atom stereocenters. The van der Waals surface area contributed by atoms with Crippen LogP contribution >= 0.6 is 15.9 Å². The van der Waals surface area contributed by atoms with Crippen molar-refractivity contribution in [3.8, 4) is 0 Å². The highest BCUT2D eigenvalue weighted by Crippen LogP contribution is 2.34. The molecule has 2 fully saturated rings. The second-order valence-electron chi connectivity index (χ2n) is 6.00. The molecule has 130 valence electrons. The summed E-state index contributed by atoms with van der Waals surface area (Å²) in [6.45, 7) is 6.25. The molecule has 4 rings (SSSR count). The van der Waals surface area contributed by atoms with Gasteiger partial charge in [0.2, 0.25) is 5.95 Å². The number of rotatable bonds is 3. The molecule has 0 amide bonds. The second kappa shape index (κ2) is 7.25. The van der Waals surface area contributed by atoms with E-state index in [4.69, 9.17) is 24.2 Å². The molecule has 8 heteroatoms. The van der Waals surface area contributed by atoms with Crippen LogP contribution in [-0.4, -0.2) is 62.6 Å². The monoisotopic (exact) mass is 396 g/mol. The van der Waals surface area contributed by atoms with E-state index in [1.165, 1.54) is 0 Å². The maximum absolute atomic E-state index is 5.83. The summed E-state index contributed by atoms with van der Waals surface area (Å²) < 4.78 is 17.5. The van der Waals surface area contributed by atoms with E-state index in [1.807, 2.05) is 6.08 Å². The lowest BCUT2D eigenvalue weighted by atomic mass is 10.2. The normalized spacial score (nSPS) is 24.7. The highest BCUT2D eigenvalue weighted by Gasteiger charge is 2.25. The molecule has 0 spiro atoms. The highest BCUT2D eigenvalue weighted by atomic mass is 79.9. The van der Waals surface area contributed by atoms with Gasteiger partial charge in [0.15, 0.2) is 4.67 Å². The number of aromatic nitrogens is 2. The van der Waals surface area contributed by atoms with Gasteiger partial charge in [-0.05, 0) is 22.0 Å². The van der Waals surface area contributed by atoms with E-state index < -0.39 is 0 Å². The third-order valence-electron chi connectivity index (χ3n) is 4.43. The van der Waals surface area contributed by atoms with E-state index in [0.717, 1.165) is 67.9 Å². The minimum Gasteiger partial charge on any atom is -0.477 e. The molecule has 3 aliphatic heterocycles. The van der Waals surface area contributed by atoms with Crippen LogP contribution in [-0.2, 0) is 14.2 Å². The van der Waals surface area contributed by atoms with Crippen molar-refractivity contribution in [1.29, 1.82) is 0 Å². The quantitative estimate of drug-likeness (QED) is 0.772. The van der Waals surface area contributed by atoms with Crippen LogP contribution in [0.15, 0.2) is 16.8 Å². The number of nitrogens with zero attached hydrogens (tertiary/aromatic N) is 4. The predicted octanol–water partition coefficient (Wildman–Crippen LogP) is 1.85. The van der Waals surface area contributed by atoms with Crippen LogP contribution in [0.5, 0.6) is 0 Å². The van der Waals surface area contributed by atoms with Crippen LogP contribution in [0.4, 0.5) is 11.8 Å². The molecule has 1 atom stereocenters. The molecule has 0 radical (unpaired) electrons. The van der Waals surface area contributed by atoms with Crippen LogP contribution in [0.1, 0.15) is 18.2 Å². The summed E-state index contributed by atoms with van der Waals surface area (Å²) >= 11 is 3.41. The Bertz CT molecular complexity index is 549. The Morgan fingerprint density at radius 1 is 0.958 bits per heavy atom. The van der Waals surface area contributed by atoms with E-state index >= 15 is 0 Å². The number of halogens is 1. The zero-order valence-corrected chi connectivity index (χ0v) is 15.1. The molecule has 3 aliphatic rings. The molecule has 1 aromatic heterocycles. The molecule has 0 N–H and O–H groups in total. The molecular weight excluding hydrogens is 376 g/mol. The van der Waals surface area contributed by atoms with E-state index in [1.54, 1.807) is 0 Å². The molecule has 0 bridgehead atoms. The van der Waals surface area contributed by atoms with E-state index in [2.05, 4.69) is 31.8 Å². The number of hydrogen-bond acceptors (Lipinski definition) is 7. The van der Waals surface area contributed by atoms with Gasteiger partial charge in [0, 0.05) is 38.7 Å². The molecule has 0 aromatic carbocycles. The predicted molar refractivity (Wildman–Crippen MR) is 93.5 cm³/mol. The summed E-state index contributed by atoms with van der Waals surface area (Å²) in [5.41, 5.74) is 0.929. The van der Waals surface area contributed by atoms with Crippen molar-refractivity contribution in [3.05, 3.63) is 22.5 Å². The van der Waals surface area contributed by atoms with Gasteiger partial charge in [-0.3, -0.25) is 0 Å². The largest absolute Gasteiger partial charge is 0.477 e. The lowest BCUT2D eigenvalue weighted by molar-refractivity contribution is 0.121. The Morgan fingerprint density at radius 3 is 2.25 bits per heavy atom. The minimum absolute atomic E-state index is 0.0537. The van der Waals surface area contributed by atoms with Crippen LogP contribution < -0.4 is 9.80 Å². The smallest absolute Gasteiger partial charge is 0.227 e. The first-order chi connectivity index (χ1) is 11.8. The highest BCUT2D eigenvalue weighted by molar-refractivity contribution is 9.11. The summed E-state index contributed by atoms with van der Waals surface area (Å²) in [6.07, 6.45) is 2.81. The average molecular weight is 397 g/mol. The Balaban J connectivity index is 1.64. The van der Waals surface area contributed by atoms with Gasteiger partial charge >= 0.3 is 0 Å². The van der Waals surface area contributed by atoms with Crippen LogP contribution in [0.3, 0.4) is 0 Å². The van der Waals surface area contributed by atoms with Crippen LogP contribution in [0.25, 0.3) is 0 Å². The molecular formula is C16H21BrN4O3. The van der Waals surface area contributed by atoms with Crippen molar-refractivity contribution in [3.63, 3.8) is 0 Å². The van der Waals surface area contributed by atoms with E-state index in [9.17, 15) is 0 Å². The first kappa shape index (κ1) is 16.1. The number of hydrogen-bond donors (Lipinski definition) is 0. The van der Waals surface area contributed by atoms with Crippen molar-refractivity contribution in [2.24, 2.45) is 0 Å². The minimum atomic E-state index is -0.0537. The fourth-order valence-corrected chi connectivity index (χ4v) is 3.49. The third kappa shape index (κ3) is 3.50. The van der Waals surface area contributed by atoms with E-state index in [-0.39, 0.29) is 6.10 Å².